The van der Waals surface area contributed by atoms with Gasteiger partial charge in [0.05, 0.1) is 17.6 Å². The summed E-state index contributed by atoms with van der Waals surface area (Å²) in [5.41, 5.74) is 4.40. The molecule has 0 fully saturated rings. The van der Waals surface area contributed by atoms with Gasteiger partial charge in [-0.2, -0.15) is 5.10 Å². The SMILES string of the molecule is CC(C)(C)c1ccc(COc2ccc(-c3ccn[nH]3)nc2)cc1. The van der Waals surface area contributed by atoms with Gasteiger partial charge in [0.25, 0.3) is 0 Å². The third-order valence-corrected chi connectivity index (χ3v) is 3.74. The summed E-state index contributed by atoms with van der Waals surface area (Å²) in [5.74, 6) is 0.758. The van der Waals surface area contributed by atoms with Crippen molar-refractivity contribution >= 4 is 0 Å². The van der Waals surface area contributed by atoms with E-state index in [-0.39, 0.29) is 5.41 Å². The zero-order valence-electron chi connectivity index (χ0n) is 13.7. The minimum atomic E-state index is 0.172. The van der Waals surface area contributed by atoms with E-state index in [0.29, 0.717) is 6.61 Å². The highest BCUT2D eigenvalue weighted by molar-refractivity contribution is 5.53. The molecular formula is C19H21N3O. The molecule has 118 valence electrons. The molecule has 0 saturated heterocycles. The Labute approximate surface area is 136 Å². The van der Waals surface area contributed by atoms with E-state index in [1.165, 1.54) is 5.56 Å². The second-order valence-corrected chi connectivity index (χ2v) is 6.59. The van der Waals surface area contributed by atoms with Crippen LogP contribution in [0, 0.1) is 0 Å². The van der Waals surface area contributed by atoms with E-state index < -0.39 is 0 Å². The van der Waals surface area contributed by atoms with Crippen molar-refractivity contribution in [1.82, 2.24) is 15.2 Å². The van der Waals surface area contributed by atoms with Crippen LogP contribution in [0.1, 0.15) is 31.9 Å². The van der Waals surface area contributed by atoms with Crippen molar-refractivity contribution < 1.29 is 4.74 Å². The zero-order valence-corrected chi connectivity index (χ0v) is 13.7. The van der Waals surface area contributed by atoms with Gasteiger partial charge in [0.2, 0.25) is 0 Å². The maximum Gasteiger partial charge on any atom is 0.138 e. The highest BCUT2D eigenvalue weighted by atomic mass is 16.5. The molecule has 0 amide bonds. The highest BCUT2D eigenvalue weighted by Gasteiger charge is 2.12. The molecule has 0 aliphatic carbocycles. The Bertz CT molecular complexity index is 739. The van der Waals surface area contributed by atoms with E-state index in [9.17, 15) is 0 Å². The topological polar surface area (TPSA) is 50.8 Å². The number of nitrogens with one attached hydrogen (secondary N) is 1. The molecule has 0 aliphatic heterocycles. The Morgan fingerprint density at radius 2 is 1.78 bits per heavy atom. The largest absolute Gasteiger partial charge is 0.487 e. The van der Waals surface area contributed by atoms with Crippen molar-refractivity contribution in [1.29, 1.82) is 0 Å². The number of aromatic amines is 1. The van der Waals surface area contributed by atoms with Crippen molar-refractivity contribution in [2.24, 2.45) is 0 Å². The number of rotatable bonds is 4. The number of pyridine rings is 1. The van der Waals surface area contributed by atoms with Gasteiger partial charge in [-0.05, 0) is 34.7 Å². The first kappa shape index (κ1) is 15.3. The summed E-state index contributed by atoms with van der Waals surface area (Å²) in [6.07, 6.45) is 3.45. The first-order valence-electron chi connectivity index (χ1n) is 7.70. The van der Waals surface area contributed by atoms with E-state index in [1.807, 2.05) is 18.2 Å². The summed E-state index contributed by atoms with van der Waals surface area (Å²) in [6, 6.07) is 14.3. The molecule has 3 aromatic rings. The van der Waals surface area contributed by atoms with E-state index in [0.717, 1.165) is 22.7 Å². The Hall–Kier alpha value is -2.62. The summed E-state index contributed by atoms with van der Waals surface area (Å²) < 4.78 is 5.80. The molecule has 4 nitrogen and oxygen atoms in total. The van der Waals surface area contributed by atoms with E-state index in [2.05, 4.69) is 60.2 Å². The number of aromatic nitrogens is 3. The monoisotopic (exact) mass is 307 g/mol. The van der Waals surface area contributed by atoms with Crippen LogP contribution in [-0.2, 0) is 12.0 Å². The third-order valence-electron chi connectivity index (χ3n) is 3.74. The van der Waals surface area contributed by atoms with Gasteiger partial charge >= 0.3 is 0 Å². The van der Waals surface area contributed by atoms with Crippen LogP contribution in [-0.4, -0.2) is 15.2 Å². The van der Waals surface area contributed by atoms with Gasteiger partial charge in [-0.15, -0.1) is 0 Å². The maximum atomic E-state index is 5.80. The molecule has 1 aromatic carbocycles. The zero-order chi connectivity index (χ0) is 16.3. The first-order chi connectivity index (χ1) is 11.0. The van der Waals surface area contributed by atoms with Gasteiger partial charge in [-0.25, -0.2) is 0 Å². The quantitative estimate of drug-likeness (QED) is 0.779. The van der Waals surface area contributed by atoms with Crippen LogP contribution in [0.5, 0.6) is 5.75 Å². The summed E-state index contributed by atoms with van der Waals surface area (Å²) in [7, 11) is 0. The van der Waals surface area contributed by atoms with Gasteiger partial charge in [0.1, 0.15) is 12.4 Å². The van der Waals surface area contributed by atoms with E-state index >= 15 is 0 Å². The van der Waals surface area contributed by atoms with Crippen LogP contribution in [0.15, 0.2) is 54.9 Å². The van der Waals surface area contributed by atoms with Crippen molar-refractivity contribution in [2.75, 3.05) is 0 Å². The normalized spacial score (nSPS) is 11.4. The Morgan fingerprint density at radius 3 is 2.35 bits per heavy atom. The summed E-state index contributed by atoms with van der Waals surface area (Å²) in [4.78, 5) is 4.38. The van der Waals surface area contributed by atoms with Crippen LogP contribution in [0.4, 0.5) is 0 Å². The summed E-state index contributed by atoms with van der Waals surface area (Å²) in [5, 5.41) is 6.82. The lowest BCUT2D eigenvalue weighted by molar-refractivity contribution is 0.305. The number of H-pyrrole nitrogens is 1. The molecular weight excluding hydrogens is 286 g/mol. The second-order valence-electron chi connectivity index (χ2n) is 6.59. The molecule has 2 heterocycles. The summed E-state index contributed by atoms with van der Waals surface area (Å²) in [6.45, 7) is 7.18. The van der Waals surface area contributed by atoms with Gasteiger partial charge in [-0.1, -0.05) is 45.0 Å². The number of ether oxygens (including phenoxy) is 1. The molecule has 4 heteroatoms. The van der Waals surface area contributed by atoms with Crippen LogP contribution in [0.25, 0.3) is 11.4 Å². The molecule has 0 aliphatic rings. The Kier molecular flexibility index (Phi) is 4.15. The van der Waals surface area contributed by atoms with Gasteiger partial charge in [0.15, 0.2) is 0 Å². The number of nitrogens with zero attached hydrogens (tertiary/aromatic N) is 2. The molecule has 0 spiro atoms. The minimum absolute atomic E-state index is 0.172. The lowest BCUT2D eigenvalue weighted by atomic mass is 9.87. The predicted molar refractivity (Wildman–Crippen MR) is 91.3 cm³/mol. The average molecular weight is 307 g/mol. The third kappa shape index (κ3) is 3.77. The lowest BCUT2D eigenvalue weighted by Gasteiger charge is -2.19. The molecule has 0 saturated carbocycles. The van der Waals surface area contributed by atoms with E-state index in [1.54, 1.807) is 12.4 Å². The molecule has 3 rings (SSSR count). The van der Waals surface area contributed by atoms with E-state index in [4.69, 9.17) is 4.74 Å². The Balaban J connectivity index is 1.62. The van der Waals surface area contributed by atoms with Gasteiger partial charge in [-0.3, -0.25) is 10.1 Å². The average Bonchev–Trinajstić information content (AvgIpc) is 3.07. The fourth-order valence-corrected chi connectivity index (χ4v) is 2.29. The fraction of sp³-hybridized carbons (Fsp3) is 0.263. The predicted octanol–water partition coefficient (Wildman–Crippen LogP) is 4.35. The van der Waals surface area contributed by atoms with Crippen molar-refractivity contribution in [2.45, 2.75) is 32.8 Å². The van der Waals surface area contributed by atoms with Gasteiger partial charge < -0.3 is 4.74 Å². The molecule has 0 bridgehead atoms. The lowest BCUT2D eigenvalue weighted by Crippen LogP contribution is -2.10. The van der Waals surface area contributed by atoms with Crippen LogP contribution in [0.3, 0.4) is 0 Å². The first-order valence-corrected chi connectivity index (χ1v) is 7.70. The fourth-order valence-electron chi connectivity index (χ4n) is 2.29. The van der Waals surface area contributed by atoms with Crippen LogP contribution in [0.2, 0.25) is 0 Å². The molecule has 23 heavy (non-hydrogen) atoms. The molecule has 0 atom stereocenters. The minimum Gasteiger partial charge on any atom is -0.487 e. The van der Waals surface area contributed by atoms with Crippen molar-refractivity contribution in [3.05, 3.63) is 66.0 Å². The highest BCUT2D eigenvalue weighted by Crippen LogP contribution is 2.23. The van der Waals surface area contributed by atoms with Crippen LogP contribution < -0.4 is 4.74 Å². The second kappa shape index (κ2) is 6.24. The smallest absolute Gasteiger partial charge is 0.138 e. The van der Waals surface area contributed by atoms with Crippen molar-refractivity contribution in [3.63, 3.8) is 0 Å². The standard InChI is InChI=1S/C19H21N3O/c1-19(2,3)15-6-4-14(5-7-15)13-23-16-8-9-17(20-12-16)18-10-11-21-22-18/h4-12H,13H2,1-3H3,(H,21,22). The Morgan fingerprint density at radius 1 is 1.00 bits per heavy atom. The number of benzene rings is 1. The molecule has 1 N–H and O–H groups in total. The number of hydrogen-bond donors (Lipinski definition) is 1. The maximum absolute atomic E-state index is 5.80. The van der Waals surface area contributed by atoms with Crippen molar-refractivity contribution in [3.8, 4) is 17.1 Å². The van der Waals surface area contributed by atoms with Crippen LogP contribution >= 0.6 is 0 Å². The number of hydrogen-bond acceptors (Lipinski definition) is 3. The molecule has 0 unspecified atom stereocenters. The van der Waals surface area contributed by atoms with Gasteiger partial charge in [0, 0.05) is 6.20 Å². The summed E-state index contributed by atoms with van der Waals surface area (Å²) >= 11 is 0. The molecule has 0 radical (unpaired) electrons. The molecule has 2 aromatic heterocycles.